The number of hydrogen-bond acceptors (Lipinski definition) is 2. The summed E-state index contributed by atoms with van der Waals surface area (Å²) >= 11 is 0. The summed E-state index contributed by atoms with van der Waals surface area (Å²) in [6.45, 7) is 2.03. The molecule has 1 aliphatic carbocycles. The highest BCUT2D eigenvalue weighted by atomic mass is 16.5. The van der Waals surface area contributed by atoms with Crippen LogP contribution in [-0.2, 0) is 4.74 Å². The van der Waals surface area contributed by atoms with Gasteiger partial charge >= 0.3 is 0 Å². The van der Waals surface area contributed by atoms with E-state index < -0.39 is 0 Å². The molecule has 0 bridgehead atoms. The summed E-state index contributed by atoms with van der Waals surface area (Å²) in [4.78, 5) is 0. The maximum Gasteiger partial charge on any atom is 0.0835 e. The monoisotopic (exact) mass is 170 g/mol. The molecule has 1 aliphatic rings. The zero-order valence-corrected chi connectivity index (χ0v) is 7.86. The zero-order chi connectivity index (χ0) is 8.97. The standard InChI is InChI=1S/C10H18O2/c1-3-4-8-5-6-9(11)10(7-8)12-2/h3-4,8-11H,5-7H2,1-2H3. The molecule has 0 saturated heterocycles. The Bertz CT molecular complexity index is 154. The van der Waals surface area contributed by atoms with Crippen LogP contribution in [0.4, 0.5) is 0 Å². The Hall–Kier alpha value is -0.340. The van der Waals surface area contributed by atoms with Crippen LogP contribution in [-0.4, -0.2) is 24.4 Å². The molecule has 0 heterocycles. The van der Waals surface area contributed by atoms with E-state index in [2.05, 4.69) is 12.2 Å². The van der Waals surface area contributed by atoms with Crippen LogP contribution in [0.2, 0.25) is 0 Å². The third-order valence-corrected chi connectivity index (χ3v) is 2.56. The molecule has 1 saturated carbocycles. The summed E-state index contributed by atoms with van der Waals surface area (Å²) in [5.74, 6) is 0.600. The van der Waals surface area contributed by atoms with E-state index >= 15 is 0 Å². The SMILES string of the molecule is CC=CC1CCC(O)C(OC)C1. The smallest absolute Gasteiger partial charge is 0.0835 e. The van der Waals surface area contributed by atoms with Crippen molar-refractivity contribution in [2.45, 2.75) is 38.4 Å². The lowest BCUT2D eigenvalue weighted by atomic mass is 9.85. The maximum atomic E-state index is 9.51. The lowest BCUT2D eigenvalue weighted by molar-refractivity contribution is -0.0449. The lowest BCUT2D eigenvalue weighted by Crippen LogP contribution is -2.34. The highest BCUT2D eigenvalue weighted by molar-refractivity contribution is 4.92. The molecule has 3 atom stereocenters. The fourth-order valence-corrected chi connectivity index (χ4v) is 1.84. The van der Waals surface area contributed by atoms with Gasteiger partial charge in [-0.3, -0.25) is 0 Å². The Kier molecular flexibility index (Phi) is 3.76. The molecular weight excluding hydrogens is 152 g/mol. The number of ether oxygens (including phenoxy) is 1. The molecule has 0 aliphatic heterocycles. The number of allylic oxidation sites excluding steroid dienone is 2. The molecule has 0 amide bonds. The second-order valence-corrected chi connectivity index (χ2v) is 3.44. The van der Waals surface area contributed by atoms with Gasteiger partial charge in [0, 0.05) is 7.11 Å². The number of aliphatic hydroxyl groups excluding tert-OH is 1. The molecule has 1 rings (SSSR count). The minimum Gasteiger partial charge on any atom is -0.390 e. The van der Waals surface area contributed by atoms with Crippen LogP contribution < -0.4 is 0 Å². The fourth-order valence-electron chi connectivity index (χ4n) is 1.84. The topological polar surface area (TPSA) is 29.5 Å². The van der Waals surface area contributed by atoms with Crippen molar-refractivity contribution in [2.75, 3.05) is 7.11 Å². The molecule has 70 valence electrons. The van der Waals surface area contributed by atoms with Crippen LogP contribution in [0, 0.1) is 5.92 Å². The fraction of sp³-hybridized carbons (Fsp3) is 0.800. The van der Waals surface area contributed by atoms with Crippen molar-refractivity contribution in [3.8, 4) is 0 Å². The first-order valence-electron chi connectivity index (χ1n) is 4.61. The van der Waals surface area contributed by atoms with Crippen LogP contribution in [0.5, 0.6) is 0 Å². The van der Waals surface area contributed by atoms with E-state index in [9.17, 15) is 5.11 Å². The second kappa shape index (κ2) is 4.63. The number of aliphatic hydroxyl groups is 1. The zero-order valence-electron chi connectivity index (χ0n) is 7.86. The average molecular weight is 170 g/mol. The third kappa shape index (κ3) is 2.32. The molecular formula is C10H18O2. The molecule has 1 N–H and O–H groups in total. The van der Waals surface area contributed by atoms with Gasteiger partial charge in [0.15, 0.2) is 0 Å². The molecule has 0 aromatic heterocycles. The molecule has 0 aromatic carbocycles. The van der Waals surface area contributed by atoms with Crippen molar-refractivity contribution in [3.05, 3.63) is 12.2 Å². The second-order valence-electron chi connectivity index (χ2n) is 3.44. The summed E-state index contributed by atoms with van der Waals surface area (Å²) in [5.41, 5.74) is 0. The van der Waals surface area contributed by atoms with Gasteiger partial charge in [0.1, 0.15) is 0 Å². The van der Waals surface area contributed by atoms with Crippen LogP contribution in [0.1, 0.15) is 26.2 Å². The van der Waals surface area contributed by atoms with Crippen LogP contribution in [0.15, 0.2) is 12.2 Å². The van der Waals surface area contributed by atoms with Gasteiger partial charge in [-0.25, -0.2) is 0 Å². The first-order chi connectivity index (χ1) is 5.77. The van der Waals surface area contributed by atoms with Gasteiger partial charge in [-0.15, -0.1) is 0 Å². The Balaban J connectivity index is 2.43. The first kappa shape index (κ1) is 9.75. The number of rotatable bonds is 2. The third-order valence-electron chi connectivity index (χ3n) is 2.56. The van der Waals surface area contributed by atoms with Gasteiger partial charge in [-0.2, -0.15) is 0 Å². The maximum absolute atomic E-state index is 9.51. The number of methoxy groups -OCH3 is 1. The Morgan fingerprint density at radius 3 is 2.75 bits per heavy atom. The normalized spacial score (nSPS) is 37.4. The highest BCUT2D eigenvalue weighted by Crippen LogP contribution is 2.27. The van der Waals surface area contributed by atoms with Gasteiger partial charge in [-0.05, 0) is 32.1 Å². The molecule has 0 radical (unpaired) electrons. The van der Waals surface area contributed by atoms with Crippen molar-refractivity contribution in [2.24, 2.45) is 5.92 Å². The van der Waals surface area contributed by atoms with Gasteiger partial charge < -0.3 is 9.84 Å². The Morgan fingerprint density at radius 1 is 1.42 bits per heavy atom. The summed E-state index contributed by atoms with van der Waals surface area (Å²) < 4.78 is 5.20. The summed E-state index contributed by atoms with van der Waals surface area (Å²) in [5, 5.41) is 9.51. The van der Waals surface area contributed by atoms with E-state index in [-0.39, 0.29) is 12.2 Å². The Labute approximate surface area is 74.2 Å². The predicted octanol–water partition coefficient (Wildman–Crippen LogP) is 1.74. The van der Waals surface area contributed by atoms with Crippen LogP contribution >= 0.6 is 0 Å². The molecule has 0 spiro atoms. The van der Waals surface area contributed by atoms with Crippen LogP contribution in [0.25, 0.3) is 0 Å². The van der Waals surface area contributed by atoms with Crippen molar-refractivity contribution in [1.29, 1.82) is 0 Å². The molecule has 3 unspecified atom stereocenters. The largest absolute Gasteiger partial charge is 0.390 e. The number of hydrogen-bond donors (Lipinski definition) is 1. The van der Waals surface area contributed by atoms with Crippen molar-refractivity contribution in [3.63, 3.8) is 0 Å². The summed E-state index contributed by atoms with van der Waals surface area (Å²) in [6, 6.07) is 0. The first-order valence-corrected chi connectivity index (χ1v) is 4.61. The van der Waals surface area contributed by atoms with Gasteiger partial charge in [-0.1, -0.05) is 12.2 Å². The van der Waals surface area contributed by atoms with E-state index in [1.165, 1.54) is 0 Å². The summed E-state index contributed by atoms with van der Waals surface area (Å²) in [6.07, 6.45) is 6.99. The molecule has 2 heteroatoms. The quantitative estimate of drug-likeness (QED) is 0.640. The van der Waals surface area contributed by atoms with Gasteiger partial charge in [0.25, 0.3) is 0 Å². The van der Waals surface area contributed by atoms with E-state index in [4.69, 9.17) is 4.74 Å². The van der Waals surface area contributed by atoms with Crippen molar-refractivity contribution < 1.29 is 9.84 Å². The van der Waals surface area contributed by atoms with Crippen molar-refractivity contribution >= 4 is 0 Å². The van der Waals surface area contributed by atoms with Crippen LogP contribution in [0.3, 0.4) is 0 Å². The minimum absolute atomic E-state index is 0.0416. The van der Waals surface area contributed by atoms with E-state index in [0.29, 0.717) is 5.92 Å². The molecule has 1 fully saturated rings. The highest BCUT2D eigenvalue weighted by Gasteiger charge is 2.27. The van der Waals surface area contributed by atoms with E-state index in [1.807, 2.05) is 6.92 Å². The lowest BCUT2D eigenvalue weighted by Gasteiger charge is -2.30. The Morgan fingerprint density at radius 2 is 2.17 bits per heavy atom. The van der Waals surface area contributed by atoms with E-state index in [1.54, 1.807) is 7.11 Å². The van der Waals surface area contributed by atoms with E-state index in [0.717, 1.165) is 19.3 Å². The van der Waals surface area contributed by atoms with Gasteiger partial charge in [0.05, 0.1) is 12.2 Å². The summed E-state index contributed by atoms with van der Waals surface area (Å²) in [7, 11) is 1.67. The van der Waals surface area contributed by atoms with Gasteiger partial charge in [0.2, 0.25) is 0 Å². The molecule has 2 nitrogen and oxygen atoms in total. The predicted molar refractivity (Wildman–Crippen MR) is 49.0 cm³/mol. The minimum atomic E-state index is -0.253. The molecule has 12 heavy (non-hydrogen) atoms. The average Bonchev–Trinajstić information content (AvgIpc) is 2.09. The molecule has 0 aromatic rings. The van der Waals surface area contributed by atoms with Crippen molar-refractivity contribution in [1.82, 2.24) is 0 Å².